The molecule has 0 aromatic rings. The number of alkyl halides is 22. The van der Waals surface area contributed by atoms with Gasteiger partial charge in [-0.1, -0.05) is 12.8 Å². The van der Waals surface area contributed by atoms with Crippen molar-refractivity contribution < 1.29 is 96.6 Å². The fourth-order valence-corrected chi connectivity index (χ4v) is 5.32. The Morgan fingerprint density at radius 1 is 0.326 bits per heavy atom. The molecule has 0 aliphatic carbocycles. The summed E-state index contributed by atoms with van der Waals surface area (Å²) >= 11 is 0. The molecule has 2 nitrogen and oxygen atoms in total. The van der Waals surface area contributed by atoms with Crippen LogP contribution in [-0.2, 0) is 0 Å². The van der Waals surface area contributed by atoms with Gasteiger partial charge in [0.2, 0.25) is 0 Å². The van der Waals surface area contributed by atoms with Crippen LogP contribution in [-0.4, -0.2) is 68.1 Å². The van der Waals surface area contributed by atoms with Crippen LogP contribution >= 0.6 is 0 Å². The predicted octanol–water partition coefficient (Wildman–Crippen LogP) is 8.89. The molecule has 0 atom stereocenters. The van der Waals surface area contributed by atoms with Crippen LogP contribution in [0.15, 0.2) is 0 Å². The summed E-state index contributed by atoms with van der Waals surface area (Å²) in [5, 5.41) is 11.0. The highest BCUT2D eigenvalue weighted by Crippen LogP contribution is 2.59. The van der Waals surface area contributed by atoms with Gasteiger partial charge in [0.05, 0.1) is 0 Å². The fraction of sp³-hybridized carbons (Fsp3) is 1.00. The molecule has 0 fully saturated rings. The summed E-state index contributed by atoms with van der Waals surface area (Å²) in [5.41, 5.74) is 0. The SMILES string of the molecule is N[Si](N)(CCCCC(F)(F)C(F)(F)C(F)(F)C(F)(F)C(F)(F)F)CCCCC(F)(F)C(F)(F)C(F)(F)C(F)(F)C(F)(F)F. The Bertz CT molecular complexity index is 850. The normalized spacial score (nSPS) is 16.2. The molecule has 43 heavy (non-hydrogen) atoms. The van der Waals surface area contributed by atoms with Gasteiger partial charge in [0.15, 0.2) is 8.40 Å². The fourth-order valence-electron chi connectivity index (χ4n) is 3.25. The van der Waals surface area contributed by atoms with Crippen molar-refractivity contribution in [2.45, 2.75) is 110 Å². The standard InChI is InChI=1S/C18H20F22N2Si/c19-9(20,11(23,24)13(27,28)15(31,32)17(35,36)37)5-1-3-7-43(41,42)8-4-2-6-10(21,22)12(25,26)14(29,30)16(33,34)18(38,39)40/h1-8,41-42H2. The van der Waals surface area contributed by atoms with Gasteiger partial charge in [-0.25, -0.2) is 0 Å². The largest absolute Gasteiger partial charge is 0.460 e. The van der Waals surface area contributed by atoms with E-state index in [1.807, 2.05) is 0 Å². The Balaban J connectivity index is 5.19. The minimum absolute atomic E-state index is 0.730. The molecular formula is C18H20F22N2Si. The number of hydrogen-bond acceptors (Lipinski definition) is 2. The van der Waals surface area contributed by atoms with Crippen molar-refractivity contribution in [2.75, 3.05) is 0 Å². The second-order valence-corrected chi connectivity index (χ2v) is 13.0. The molecule has 25 heteroatoms. The van der Waals surface area contributed by atoms with Gasteiger partial charge in [-0.2, -0.15) is 96.6 Å². The first-order valence-corrected chi connectivity index (χ1v) is 13.7. The zero-order chi connectivity index (χ0) is 35.2. The lowest BCUT2D eigenvalue weighted by Crippen LogP contribution is -2.66. The molecular weight excluding hydrogens is 690 g/mol. The van der Waals surface area contributed by atoms with Crippen LogP contribution in [0.4, 0.5) is 96.6 Å². The molecule has 0 aromatic carbocycles. The molecule has 4 N–H and O–H groups in total. The highest BCUT2D eigenvalue weighted by Gasteiger charge is 2.88. The Kier molecular flexibility index (Phi) is 11.7. The molecule has 0 unspecified atom stereocenters. The number of unbranched alkanes of at least 4 members (excludes halogenated alkanes) is 2. The lowest BCUT2D eigenvalue weighted by atomic mass is 9.95. The van der Waals surface area contributed by atoms with Gasteiger partial charge >= 0.3 is 59.7 Å². The maximum atomic E-state index is 13.6. The first-order valence-electron chi connectivity index (χ1n) is 11.1. The van der Waals surface area contributed by atoms with Crippen LogP contribution in [0.25, 0.3) is 0 Å². The summed E-state index contributed by atoms with van der Waals surface area (Å²) in [4.78, 5) is 0. The molecule has 0 saturated heterocycles. The maximum Gasteiger partial charge on any atom is 0.460 e. The van der Waals surface area contributed by atoms with Crippen LogP contribution < -0.4 is 10.8 Å². The average Bonchev–Trinajstić information content (AvgIpc) is 2.77. The zero-order valence-electron chi connectivity index (χ0n) is 20.6. The average molecular weight is 710 g/mol. The Labute approximate surface area is 227 Å². The molecule has 0 spiro atoms. The summed E-state index contributed by atoms with van der Waals surface area (Å²) in [6, 6.07) is -1.46. The molecule has 0 aliphatic heterocycles. The summed E-state index contributed by atoms with van der Waals surface area (Å²) < 4.78 is 285. The molecule has 0 saturated carbocycles. The van der Waals surface area contributed by atoms with Gasteiger partial charge < -0.3 is 10.8 Å². The van der Waals surface area contributed by atoms with Gasteiger partial charge in [-0.05, 0) is 24.9 Å². The highest BCUT2D eigenvalue weighted by atomic mass is 28.3. The monoisotopic (exact) mass is 710 g/mol. The van der Waals surface area contributed by atoms with E-state index in [4.69, 9.17) is 10.8 Å². The molecule has 0 aliphatic rings. The molecule has 0 amide bonds. The van der Waals surface area contributed by atoms with E-state index in [1.165, 1.54) is 0 Å². The van der Waals surface area contributed by atoms with E-state index in [0.29, 0.717) is 0 Å². The van der Waals surface area contributed by atoms with Crippen LogP contribution in [0.2, 0.25) is 12.1 Å². The number of hydrogen-bond donors (Lipinski definition) is 2. The van der Waals surface area contributed by atoms with Crippen molar-refractivity contribution in [2.24, 2.45) is 10.8 Å². The van der Waals surface area contributed by atoms with E-state index >= 15 is 0 Å². The van der Waals surface area contributed by atoms with Crippen LogP contribution in [0.1, 0.15) is 38.5 Å². The third-order valence-corrected chi connectivity index (χ3v) is 8.54. The second-order valence-electron chi connectivity index (χ2n) is 9.50. The van der Waals surface area contributed by atoms with E-state index in [-0.39, 0.29) is 0 Å². The Morgan fingerprint density at radius 3 is 0.767 bits per heavy atom. The molecule has 0 aromatic heterocycles. The van der Waals surface area contributed by atoms with Crippen molar-refractivity contribution in [3.63, 3.8) is 0 Å². The third-order valence-electron chi connectivity index (χ3n) is 5.97. The van der Waals surface area contributed by atoms with Gasteiger partial charge in [-0.15, -0.1) is 0 Å². The molecule has 0 heterocycles. The third kappa shape index (κ3) is 7.70. The smallest absolute Gasteiger partial charge is 0.339 e. The predicted molar refractivity (Wildman–Crippen MR) is 103 cm³/mol. The first kappa shape index (κ1) is 41.6. The summed E-state index contributed by atoms with van der Waals surface area (Å²) in [5.74, 6) is -57.3. The summed E-state index contributed by atoms with van der Waals surface area (Å²) in [7, 11) is -3.87. The molecule has 260 valence electrons. The van der Waals surface area contributed by atoms with Crippen LogP contribution in [0.3, 0.4) is 0 Å². The van der Waals surface area contributed by atoms with Crippen molar-refractivity contribution in [3.05, 3.63) is 0 Å². The van der Waals surface area contributed by atoms with E-state index < -0.39 is 119 Å². The minimum atomic E-state index is -7.63. The number of rotatable bonds is 16. The molecule has 0 rings (SSSR count). The molecule has 0 radical (unpaired) electrons. The van der Waals surface area contributed by atoms with E-state index in [0.717, 1.165) is 0 Å². The highest BCUT2D eigenvalue weighted by molar-refractivity contribution is 6.73. The number of halogens is 22. The lowest BCUT2D eigenvalue weighted by molar-refractivity contribution is -0.422. The van der Waals surface area contributed by atoms with Crippen molar-refractivity contribution in [1.29, 1.82) is 0 Å². The van der Waals surface area contributed by atoms with Crippen LogP contribution in [0, 0.1) is 0 Å². The van der Waals surface area contributed by atoms with Gasteiger partial charge in [0, 0.05) is 12.8 Å². The quantitative estimate of drug-likeness (QED) is 0.0956. The Morgan fingerprint density at radius 2 is 0.558 bits per heavy atom. The van der Waals surface area contributed by atoms with E-state index in [9.17, 15) is 96.6 Å². The Hall–Kier alpha value is -1.40. The van der Waals surface area contributed by atoms with Gasteiger partial charge in [0.25, 0.3) is 0 Å². The van der Waals surface area contributed by atoms with Crippen molar-refractivity contribution in [3.8, 4) is 0 Å². The number of nitrogens with two attached hydrogens (primary N) is 2. The van der Waals surface area contributed by atoms with Gasteiger partial charge in [0.1, 0.15) is 0 Å². The zero-order valence-corrected chi connectivity index (χ0v) is 21.6. The maximum absolute atomic E-state index is 13.6. The lowest BCUT2D eigenvalue weighted by Gasteiger charge is -2.37. The van der Waals surface area contributed by atoms with Crippen molar-refractivity contribution >= 4 is 8.40 Å². The summed E-state index contributed by atoms with van der Waals surface area (Å²) in [6.45, 7) is 0. The van der Waals surface area contributed by atoms with Crippen molar-refractivity contribution in [1.82, 2.24) is 0 Å². The topological polar surface area (TPSA) is 52.0 Å². The second kappa shape index (κ2) is 12.1. The van der Waals surface area contributed by atoms with Gasteiger partial charge in [-0.3, -0.25) is 0 Å². The minimum Gasteiger partial charge on any atom is -0.339 e. The van der Waals surface area contributed by atoms with Crippen LogP contribution in [0.5, 0.6) is 0 Å². The van der Waals surface area contributed by atoms with E-state index in [2.05, 4.69) is 0 Å². The first-order chi connectivity index (χ1) is 18.4. The summed E-state index contributed by atoms with van der Waals surface area (Å²) in [6.07, 6.45) is -24.0. The van der Waals surface area contributed by atoms with E-state index in [1.54, 1.807) is 0 Å². The molecule has 0 bridgehead atoms.